The minimum Gasteiger partial charge on any atom is -0.378 e. The second-order valence-electron chi connectivity index (χ2n) is 24.3. The third-order valence-corrected chi connectivity index (χ3v) is 21.9. The SMILES string of the molecule is CC.CN(C)C.Cc1ccc(C)c2sc(-c3ccc(C(F)(F)F)cc3)nc12.Cc1ccc(C)c2sc(-c3ccc(F)cc3)nc12.Cc1ccc(C)c2sc(-c3ccc(N(C)C)cc3)nc12.Cc1ccc(C)c2sc(-c3ccncc3)nc12.Cc1ccc(C)c2sc(-c3ccncc3)nc12. The van der Waals surface area contributed by atoms with E-state index in [-0.39, 0.29) is 5.82 Å². The van der Waals surface area contributed by atoms with Crippen molar-refractivity contribution in [3.63, 3.8) is 0 Å². The van der Waals surface area contributed by atoms with Gasteiger partial charge in [-0.25, -0.2) is 29.3 Å². The zero-order chi connectivity index (χ0) is 71.4. The normalized spacial score (nSPS) is 11.0. The van der Waals surface area contributed by atoms with Crippen molar-refractivity contribution in [3.8, 4) is 52.9 Å². The molecule has 8 aromatic carbocycles. The van der Waals surface area contributed by atoms with Crippen LogP contribution in [0.5, 0.6) is 0 Å². The molecule has 7 aromatic heterocycles. The molecule has 18 heteroatoms. The summed E-state index contributed by atoms with van der Waals surface area (Å²) < 4.78 is 56.8. The number of hydrogen-bond acceptors (Lipinski definition) is 14. The largest absolute Gasteiger partial charge is 0.416 e. The van der Waals surface area contributed by atoms with E-state index < -0.39 is 11.7 Å². The Morgan fingerprint density at radius 1 is 0.293 bits per heavy atom. The number of rotatable bonds is 6. The van der Waals surface area contributed by atoms with E-state index in [0.717, 1.165) is 97.3 Å². The highest BCUT2D eigenvalue weighted by Gasteiger charge is 2.30. The molecule has 0 aliphatic carbocycles. The lowest BCUT2D eigenvalue weighted by Crippen LogP contribution is -2.07. The monoisotopic (exact) mass is 1420 g/mol. The molecule has 0 unspecified atom stereocenters. The van der Waals surface area contributed by atoms with E-state index in [1.54, 1.807) is 82.3 Å². The predicted octanol–water partition coefficient (Wildman–Crippen LogP) is 24.1. The van der Waals surface area contributed by atoms with Crippen molar-refractivity contribution in [3.05, 3.63) is 250 Å². The van der Waals surface area contributed by atoms with E-state index in [4.69, 9.17) is 15.0 Å². The summed E-state index contributed by atoms with van der Waals surface area (Å²) in [5.41, 5.74) is 23.3. The highest BCUT2D eigenvalue weighted by atomic mass is 32.1. The lowest BCUT2D eigenvalue weighted by molar-refractivity contribution is -0.137. The van der Waals surface area contributed by atoms with Crippen molar-refractivity contribution in [1.29, 1.82) is 0 Å². The van der Waals surface area contributed by atoms with Crippen molar-refractivity contribution in [2.75, 3.05) is 40.1 Å². The minimum atomic E-state index is -4.31. The topological polar surface area (TPSA) is 96.7 Å². The molecule has 0 aliphatic heterocycles. The van der Waals surface area contributed by atoms with Gasteiger partial charge in [-0.15, -0.1) is 56.7 Å². The number of nitrogens with zero attached hydrogens (tertiary/aromatic N) is 9. The maximum Gasteiger partial charge on any atom is 0.416 e. The Morgan fingerprint density at radius 2 is 0.505 bits per heavy atom. The van der Waals surface area contributed by atoms with Gasteiger partial charge >= 0.3 is 6.18 Å². The summed E-state index contributed by atoms with van der Waals surface area (Å²) in [7, 11) is 10.1. The molecule has 0 bridgehead atoms. The van der Waals surface area contributed by atoms with Crippen LogP contribution in [0.2, 0.25) is 0 Å². The lowest BCUT2D eigenvalue weighted by Gasteiger charge is -2.11. The molecule has 7 heterocycles. The van der Waals surface area contributed by atoms with Crippen LogP contribution in [-0.4, -0.2) is 75.0 Å². The van der Waals surface area contributed by atoms with Gasteiger partial charge in [-0.05, 0) is 231 Å². The van der Waals surface area contributed by atoms with E-state index in [1.165, 1.54) is 110 Å². The first kappa shape index (κ1) is 74.2. The first-order valence-electron chi connectivity index (χ1n) is 32.3. The molecule has 0 aliphatic rings. The number of aromatic nitrogens is 7. The molecule has 0 atom stereocenters. The van der Waals surface area contributed by atoms with Crippen LogP contribution >= 0.6 is 56.7 Å². The number of aryl methyl sites for hydroxylation is 10. The van der Waals surface area contributed by atoms with Crippen molar-refractivity contribution in [2.45, 2.75) is 89.3 Å². The van der Waals surface area contributed by atoms with E-state index in [9.17, 15) is 17.6 Å². The van der Waals surface area contributed by atoms with Crippen LogP contribution < -0.4 is 4.90 Å². The van der Waals surface area contributed by atoms with E-state index in [0.29, 0.717) is 5.56 Å². The highest BCUT2D eigenvalue weighted by molar-refractivity contribution is 7.23. The van der Waals surface area contributed by atoms with Gasteiger partial charge in [-0.3, -0.25) is 9.97 Å². The van der Waals surface area contributed by atoms with Gasteiger partial charge in [0, 0.05) is 72.4 Å². The quantitative estimate of drug-likeness (QED) is 0.151. The van der Waals surface area contributed by atoms with Gasteiger partial charge in [0.15, 0.2) is 0 Å². The van der Waals surface area contributed by atoms with Gasteiger partial charge in [0.2, 0.25) is 0 Å². The van der Waals surface area contributed by atoms with Crippen molar-refractivity contribution in [1.82, 2.24) is 39.8 Å². The molecule has 0 saturated heterocycles. The molecule has 15 aromatic rings. The summed E-state index contributed by atoms with van der Waals surface area (Å²) in [5, 5.41) is 4.93. The Kier molecular flexibility index (Phi) is 24.9. The van der Waals surface area contributed by atoms with Gasteiger partial charge < -0.3 is 9.80 Å². The van der Waals surface area contributed by atoms with Crippen LogP contribution in [-0.2, 0) is 6.18 Å². The molecule has 0 radical (unpaired) electrons. The summed E-state index contributed by atoms with van der Waals surface area (Å²) in [6.45, 7) is 24.9. The van der Waals surface area contributed by atoms with E-state index in [1.807, 2.05) is 90.1 Å². The number of hydrogen-bond donors (Lipinski definition) is 0. The smallest absolute Gasteiger partial charge is 0.378 e. The third kappa shape index (κ3) is 18.3. The van der Waals surface area contributed by atoms with Gasteiger partial charge in [0.1, 0.15) is 30.9 Å². The molecule has 0 spiro atoms. The molecule has 15 rings (SSSR count). The fourth-order valence-electron chi connectivity index (χ4n) is 10.2. The maximum atomic E-state index is 12.9. The Balaban J connectivity index is 0.000000142. The predicted molar refractivity (Wildman–Crippen MR) is 418 cm³/mol. The number of halogens is 4. The highest BCUT2D eigenvalue weighted by Crippen LogP contribution is 2.40. The summed E-state index contributed by atoms with van der Waals surface area (Å²) in [4.78, 5) is 35.7. The van der Waals surface area contributed by atoms with Gasteiger partial charge in [-0.2, -0.15) is 13.2 Å². The second-order valence-corrected chi connectivity index (χ2v) is 29.3. The Labute approximate surface area is 598 Å². The van der Waals surface area contributed by atoms with E-state index >= 15 is 0 Å². The average Bonchev–Trinajstić information content (AvgIpc) is 1.68. The molecular weight excluding hydrogens is 1340 g/mol. The molecule has 99 heavy (non-hydrogen) atoms. The second kappa shape index (κ2) is 33.2. The van der Waals surface area contributed by atoms with Crippen LogP contribution in [0.15, 0.2) is 183 Å². The first-order chi connectivity index (χ1) is 47.3. The van der Waals surface area contributed by atoms with Gasteiger partial charge in [0.25, 0.3) is 0 Å². The third-order valence-electron chi connectivity index (χ3n) is 15.7. The summed E-state index contributed by atoms with van der Waals surface area (Å²) >= 11 is 8.46. The van der Waals surface area contributed by atoms with Crippen LogP contribution in [0.1, 0.15) is 75.0 Å². The number of alkyl halides is 3. The zero-order valence-corrected chi connectivity index (χ0v) is 63.0. The lowest BCUT2D eigenvalue weighted by atomic mass is 10.1. The number of thiazole rings is 5. The fraction of sp³-hybridized carbons (Fsp3) is 0.222. The summed E-state index contributed by atoms with van der Waals surface area (Å²) in [6.07, 6.45) is 2.92. The Hall–Kier alpha value is -9.01. The molecule has 0 fully saturated rings. The standard InChI is InChI=1S/C17H18N2S.C16H12F3NS.C15H12FNS.2C14H12N2S.C3H9N.C2H6/c1-11-5-6-12(2)16-15(11)18-17(20-16)13-7-9-14(10-8-13)19(3)4;1-9-3-4-10(2)14-13(9)20-15(21-14)11-5-7-12(8-6-11)16(17,18)19;1-9-3-4-10(2)14-13(9)17-15(18-14)11-5-7-12(16)8-6-11;2*1-9-3-4-10(2)13-12(9)16-14(17-13)11-5-7-15-8-6-11;1-4(2)3;1-2/h5-10H,1-4H3;3-8H,1-2H3;3-8H,1-2H3;2*3-8H,1-2H3;1-3H3;1-2H3. The first-order valence-corrected chi connectivity index (χ1v) is 36.4. The van der Waals surface area contributed by atoms with E-state index in [2.05, 4.69) is 167 Å². The minimum absolute atomic E-state index is 0.216. The van der Waals surface area contributed by atoms with Gasteiger partial charge in [-0.1, -0.05) is 86.6 Å². The van der Waals surface area contributed by atoms with Crippen LogP contribution in [0.4, 0.5) is 23.2 Å². The Morgan fingerprint density at radius 3 is 0.727 bits per heavy atom. The fourth-order valence-corrected chi connectivity index (χ4v) is 15.8. The summed E-state index contributed by atoms with van der Waals surface area (Å²) in [6, 6.07) is 49.4. The van der Waals surface area contributed by atoms with Crippen molar-refractivity contribution < 1.29 is 17.6 Å². The number of pyridine rings is 2. The van der Waals surface area contributed by atoms with Crippen LogP contribution in [0.3, 0.4) is 0 Å². The van der Waals surface area contributed by atoms with Crippen molar-refractivity contribution in [2.24, 2.45) is 0 Å². The van der Waals surface area contributed by atoms with Gasteiger partial charge in [0.05, 0.1) is 56.6 Å². The van der Waals surface area contributed by atoms with Crippen LogP contribution in [0.25, 0.3) is 104 Å². The number of anilines is 1. The maximum absolute atomic E-state index is 12.9. The zero-order valence-electron chi connectivity index (χ0n) is 58.9. The van der Waals surface area contributed by atoms with Crippen molar-refractivity contribution >= 4 is 113 Å². The molecular formula is C81H81F4N9S5. The summed E-state index contributed by atoms with van der Waals surface area (Å²) in [5.74, 6) is -0.216. The molecule has 0 saturated carbocycles. The number of fused-ring (bicyclic) bond motifs is 5. The number of benzene rings is 8. The van der Waals surface area contributed by atoms with Crippen LogP contribution in [0, 0.1) is 75.1 Å². The molecule has 508 valence electrons. The molecule has 0 amide bonds. The molecule has 9 nitrogen and oxygen atoms in total. The molecule has 0 N–H and O–H groups in total. The average molecular weight is 1420 g/mol. The Bertz CT molecular complexity index is 4850.